The zero-order chi connectivity index (χ0) is 11.8. The van der Waals surface area contributed by atoms with E-state index in [0.29, 0.717) is 6.42 Å². The molecule has 0 rings (SSSR count). The van der Waals surface area contributed by atoms with Crippen molar-refractivity contribution in [3.63, 3.8) is 0 Å². The van der Waals surface area contributed by atoms with Gasteiger partial charge in [0, 0.05) is 11.7 Å². The van der Waals surface area contributed by atoms with E-state index in [-0.39, 0.29) is 0 Å². The smallest absolute Gasteiger partial charge is 0.323 e. The topological polar surface area (TPSA) is 83.6 Å². The van der Waals surface area contributed by atoms with Crippen molar-refractivity contribution in [2.45, 2.75) is 25.8 Å². The number of carboxylic acids is 1. The summed E-state index contributed by atoms with van der Waals surface area (Å²) in [6.07, 6.45) is 2.48. The van der Waals surface area contributed by atoms with E-state index in [1.54, 1.807) is 0 Å². The number of nitrogens with two attached hydrogens (primary N) is 1. The Balaban J connectivity index is 4.47. The Morgan fingerprint density at radius 1 is 1.60 bits per heavy atom. The van der Waals surface area contributed by atoms with Crippen LogP contribution < -0.4 is 5.73 Å². The van der Waals surface area contributed by atoms with Crippen LogP contribution in [0.1, 0.15) is 19.8 Å². The van der Waals surface area contributed by atoms with Crippen molar-refractivity contribution in [3.05, 3.63) is 11.7 Å². The molecule has 0 saturated heterocycles. The van der Waals surface area contributed by atoms with Crippen molar-refractivity contribution in [2.75, 3.05) is 6.54 Å². The number of nitrogens with zero attached hydrogens (tertiary/aromatic N) is 1. The summed E-state index contributed by atoms with van der Waals surface area (Å²) < 4.78 is 0. The molecule has 0 aliphatic carbocycles. The summed E-state index contributed by atoms with van der Waals surface area (Å²) in [5.74, 6) is -1.54. The number of rotatable bonds is 6. The molecular formula is C9H15ClN2O3. The Bertz CT molecular complexity index is 256. The summed E-state index contributed by atoms with van der Waals surface area (Å²) >= 11 is 5.30. The van der Waals surface area contributed by atoms with Crippen molar-refractivity contribution in [2.24, 2.45) is 5.73 Å². The van der Waals surface area contributed by atoms with Gasteiger partial charge < -0.3 is 15.7 Å². The molecule has 0 aromatic heterocycles. The Hall–Kier alpha value is -1.07. The molecule has 0 bridgehead atoms. The number of carbonyl (C=O) groups is 2. The Kier molecular flexibility index (Phi) is 6.73. The van der Waals surface area contributed by atoms with E-state index in [4.69, 9.17) is 22.4 Å². The highest BCUT2D eigenvalue weighted by molar-refractivity contribution is 6.25. The predicted molar refractivity (Wildman–Crippen MR) is 57.2 cm³/mol. The number of halogens is 1. The summed E-state index contributed by atoms with van der Waals surface area (Å²) in [6.45, 7) is 1.46. The van der Waals surface area contributed by atoms with Crippen molar-refractivity contribution in [1.29, 1.82) is 0 Å². The van der Waals surface area contributed by atoms with Gasteiger partial charge in [0.2, 0.25) is 5.91 Å². The molecule has 15 heavy (non-hydrogen) atoms. The van der Waals surface area contributed by atoms with Gasteiger partial charge in [-0.2, -0.15) is 0 Å². The molecule has 0 aromatic rings. The molecule has 0 unspecified atom stereocenters. The molecule has 3 N–H and O–H groups in total. The monoisotopic (exact) mass is 234 g/mol. The van der Waals surface area contributed by atoms with Gasteiger partial charge in [-0.05, 0) is 6.42 Å². The van der Waals surface area contributed by atoms with E-state index in [9.17, 15) is 9.59 Å². The second-order valence-electron chi connectivity index (χ2n) is 3.03. The highest BCUT2D eigenvalue weighted by Gasteiger charge is 2.20. The minimum Gasteiger partial charge on any atom is -0.480 e. The maximum absolute atomic E-state index is 11.6. The largest absolute Gasteiger partial charge is 0.480 e. The van der Waals surface area contributed by atoms with E-state index >= 15 is 0 Å². The van der Waals surface area contributed by atoms with Crippen LogP contribution in [0.3, 0.4) is 0 Å². The van der Waals surface area contributed by atoms with Gasteiger partial charge in [0.15, 0.2) is 0 Å². The van der Waals surface area contributed by atoms with Crippen LogP contribution in [0.15, 0.2) is 11.7 Å². The van der Waals surface area contributed by atoms with Gasteiger partial charge in [-0.25, -0.2) is 0 Å². The lowest BCUT2D eigenvalue weighted by atomic mass is 10.1. The maximum Gasteiger partial charge on any atom is 0.323 e. The lowest BCUT2D eigenvalue weighted by Gasteiger charge is -2.19. The summed E-state index contributed by atoms with van der Waals surface area (Å²) in [7, 11) is 0. The summed E-state index contributed by atoms with van der Waals surface area (Å²) in [5, 5.41) is 8.56. The van der Waals surface area contributed by atoms with Gasteiger partial charge in [0.05, 0.1) is 6.04 Å². The molecule has 86 valence electrons. The highest BCUT2D eigenvalue weighted by Crippen LogP contribution is 2.01. The average Bonchev–Trinajstić information content (AvgIpc) is 2.16. The van der Waals surface area contributed by atoms with Gasteiger partial charge in [0.25, 0.3) is 0 Å². The normalized spacial score (nSPS) is 12.7. The van der Waals surface area contributed by atoms with Gasteiger partial charge >= 0.3 is 5.97 Å². The van der Waals surface area contributed by atoms with E-state index in [2.05, 4.69) is 0 Å². The van der Waals surface area contributed by atoms with Crippen LogP contribution in [-0.4, -0.2) is 34.5 Å². The molecule has 0 heterocycles. The molecule has 1 atom stereocenters. The first kappa shape index (κ1) is 13.9. The molecule has 0 aliphatic heterocycles. The van der Waals surface area contributed by atoms with Gasteiger partial charge in [0.1, 0.15) is 6.54 Å². The number of hydrogen-bond donors (Lipinski definition) is 2. The number of amides is 1. The average molecular weight is 235 g/mol. The van der Waals surface area contributed by atoms with E-state index in [0.717, 1.165) is 16.9 Å². The lowest BCUT2D eigenvalue weighted by Crippen LogP contribution is -2.43. The summed E-state index contributed by atoms with van der Waals surface area (Å²) in [5.41, 5.74) is 6.66. The van der Waals surface area contributed by atoms with Crippen LogP contribution in [-0.2, 0) is 9.59 Å². The Morgan fingerprint density at radius 3 is 2.60 bits per heavy atom. The van der Waals surface area contributed by atoms with Crippen LogP contribution in [0.2, 0.25) is 0 Å². The van der Waals surface area contributed by atoms with Crippen LogP contribution in [0.5, 0.6) is 0 Å². The zero-order valence-electron chi connectivity index (χ0n) is 8.52. The maximum atomic E-state index is 11.6. The first-order valence-electron chi connectivity index (χ1n) is 4.57. The predicted octanol–water partition coefficient (Wildman–Crippen LogP) is 0.737. The van der Waals surface area contributed by atoms with Crippen LogP contribution in [0.4, 0.5) is 0 Å². The van der Waals surface area contributed by atoms with Gasteiger partial charge in [-0.1, -0.05) is 24.9 Å². The van der Waals surface area contributed by atoms with Crippen molar-refractivity contribution in [3.8, 4) is 0 Å². The van der Waals surface area contributed by atoms with Crippen molar-refractivity contribution in [1.82, 2.24) is 4.90 Å². The van der Waals surface area contributed by atoms with Crippen LogP contribution in [0, 0.1) is 0 Å². The summed E-state index contributed by atoms with van der Waals surface area (Å²) in [6, 6.07) is -0.679. The third-order valence-electron chi connectivity index (χ3n) is 1.74. The molecule has 1 amide bonds. The molecule has 0 aliphatic rings. The third kappa shape index (κ3) is 5.39. The molecule has 0 aromatic carbocycles. The minimum atomic E-state index is -1.11. The lowest BCUT2D eigenvalue weighted by molar-refractivity contribution is -0.143. The first-order chi connectivity index (χ1) is 7.02. The molecule has 5 nitrogen and oxygen atoms in total. The number of aliphatic carboxylic acids is 1. The second kappa shape index (κ2) is 7.25. The standard InChI is InChI=1S/C9H15ClN2O3/c1-2-3-7(11)9(15)12(5-4-10)6-8(13)14/h4-5,7H,2-3,6,11H2,1H3,(H,13,14)/t7-/m0/s1. The summed E-state index contributed by atoms with van der Waals surface area (Å²) in [4.78, 5) is 23.0. The van der Waals surface area contributed by atoms with E-state index in [1.807, 2.05) is 6.92 Å². The fraction of sp³-hybridized carbons (Fsp3) is 0.556. The molecule has 0 spiro atoms. The molecule has 0 fully saturated rings. The van der Waals surface area contributed by atoms with Crippen molar-refractivity contribution >= 4 is 23.5 Å². The highest BCUT2D eigenvalue weighted by atomic mass is 35.5. The third-order valence-corrected chi connectivity index (χ3v) is 1.85. The molecular weight excluding hydrogens is 220 g/mol. The van der Waals surface area contributed by atoms with E-state index in [1.165, 1.54) is 6.20 Å². The molecule has 6 heteroatoms. The SMILES string of the molecule is CCC[C@H](N)C(=O)N(C=CCl)CC(=O)O. The zero-order valence-corrected chi connectivity index (χ0v) is 9.28. The van der Waals surface area contributed by atoms with Gasteiger partial charge in [-0.3, -0.25) is 9.59 Å². The molecule has 0 radical (unpaired) electrons. The van der Waals surface area contributed by atoms with Crippen molar-refractivity contribution < 1.29 is 14.7 Å². The van der Waals surface area contributed by atoms with Gasteiger partial charge in [-0.15, -0.1) is 0 Å². The minimum absolute atomic E-state index is 0.431. The molecule has 0 saturated carbocycles. The Labute approximate surface area is 93.5 Å². The van der Waals surface area contributed by atoms with E-state index < -0.39 is 24.5 Å². The fourth-order valence-electron chi connectivity index (χ4n) is 1.07. The van der Waals surface area contributed by atoms with Crippen LogP contribution in [0.25, 0.3) is 0 Å². The quantitative estimate of drug-likeness (QED) is 0.710. The first-order valence-corrected chi connectivity index (χ1v) is 5.01. The second-order valence-corrected chi connectivity index (χ2v) is 3.28. The number of hydrogen-bond acceptors (Lipinski definition) is 3. The van der Waals surface area contributed by atoms with Crippen LogP contribution >= 0.6 is 11.6 Å². The number of carbonyl (C=O) groups excluding carboxylic acids is 1. The Morgan fingerprint density at radius 2 is 2.20 bits per heavy atom. The fourth-order valence-corrected chi connectivity index (χ4v) is 1.20. The number of carboxylic acid groups (broad SMARTS) is 1.